The number of fused-ring (bicyclic) bond motifs is 1. The van der Waals surface area contributed by atoms with Crippen molar-refractivity contribution in [2.45, 2.75) is 45.0 Å². The molecular formula is C29H33ClN2O8S. The summed E-state index contributed by atoms with van der Waals surface area (Å²) in [5, 5.41) is 32.6. The molecule has 0 saturated carbocycles. The quantitative estimate of drug-likeness (QED) is 0.290. The van der Waals surface area contributed by atoms with E-state index in [4.69, 9.17) is 30.9 Å². The van der Waals surface area contributed by atoms with Gasteiger partial charge in [-0.25, -0.2) is 4.98 Å². The lowest BCUT2D eigenvalue weighted by Crippen LogP contribution is -2.45. The molecule has 3 N–H and O–H groups in total. The molecule has 220 valence electrons. The lowest BCUT2D eigenvalue weighted by atomic mass is 9.92. The first-order chi connectivity index (χ1) is 19.5. The number of amides is 1. The fourth-order valence-corrected chi connectivity index (χ4v) is 5.74. The molecule has 41 heavy (non-hydrogen) atoms. The van der Waals surface area contributed by atoms with Gasteiger partial charge in [0.1, 0.15) is 23.3 Å². The SMILES string of the molecule is COc1cccc([C@H]2O[C@H](CC(O)c3nc(CC(=O)O)cs3)C(=O)N(CC(C)(C)CO)c3ccc(Cl)cc32)c1OC. The summed E-state index contributed by atoms with van der Waals surface area (Å²) in [6.07, 6.45) is -3.64. The molecule has 12 heteroatoms. The molecule has 1 unspecified atom stereocenters. The number of aliphatic hydroxyl groups excluding tert-OH is 2. The highest BCUT2D eigenvalue weighted by Crippen LogP contribution is 2.46. The highest BCUT2D eigenvalue weighted by Gasteiger charge is 2.41. The Hall–Kier alpha value is -3.22. The second-order valence-corrected chi connectivity index (χ2v) is 11.9. The van der Waals surface area contributed by atoms with Crippen LogP contribution in [0.3, 0.4) is 0 Å². The first kappa shape index (κ1) is 30.7. The average molecular weight is 605 g/mol. The van der Waals surface area contributed by atoms with Gasteiger partial charge in [0.05, 0.1) is 26.3 Å². The smallest absolute Gasteiger partial charge is 0.309 e. The monoisotopic (exact) mass is 604 g/mol. The molecule has 0 aliphatic carbocycles. The number of thiazole rings is 1. The van der Waals surface area contributed by atoms with Crippen LogP contribution in [0, 0.1) is 5.41 Å². The maximum absolute atomic E-state index is 14.2. The number of carbonyl (C=O) groups excluding carboxylic acids is 1. The first-order valence-electron chi connectivity index (χ1n) is 12.9. The van der Waals surface area contributed by atoms with Crippen LogP contribution < -0.4 is 14.4 Å². The summed E-state index contributed by atoms with van der Waals surface area (Å²) in [5.41, 5.74) is 1.39. The molecule has 2 heterocycles. The number of methoxy groups -OCH3 is 2. The molecule has 3 atom stereocenters. The number of nitrogens with zero attached hydrogens (tertiary/aromatic N) is 2. The minimum absolute atomic E-state index is 0.153. The molecule has 0 fully saturated rings. The predicted octanol–water partition coefficient (Wildman–Crippen LogP) is 4.40. The van der Waals surface area contributed by atoms with Crippen molar-refractivity contribution in [3.8, 4) is 11.5 Å². The molecule has 2 aromatic carbocycles. The molecule has 1 aliphatic rings. The van der Waals surface area contributed by atoms with E-state index in [0.29, 0.717) is 39.0 Å². The number of halogens is 1. The van der Waals surface area contributed by atoms with Crippen LogP contribution in [0.25, 0.3) is 0 Å². The number of carboxylic acid groups (broad SMARTS) is 1. The van der Waals surface area contributed by atoms with Gasteiger partial charge < -0.3 is 34.4 Å². The molecule has 10 nitrogen and oxygen atoms in total. The Kier molecular flexibility index (Phi) is 9.55. The van der Waals surface area contributed by atoms with Crippen LogP contribution in [0.5, 0.6) is 11.5 Å². The van der Waals surface area contributed by atoms with Crippen LogP contribution in [0.15, 0.2) is 41.8 Å². The van der Waals surface area contributed by atoms with Crippen molar-refractivity contribution in [3.05, 3.63) is 68.6 Å². The summed E-state index contributed by atoms with van der Waals surface area (Å²) in [7, 11) is 3.03. The van der Waals surface area contributed by atoms with E-state index in [9.17, 15) is 19.8 Å². The van der Waals surface area contributed by atoms with E-state index < -0.39 is 35.6 Å². The number of para-hydroxylation sites is 1. The fourth-order valence-electron chi connectivity index (χ4n) is 4.74. The number of benzene rings is 2. The Balaban J connectivity index is 1.83. The van der Waals surface area contributed by atoms with Crippen LogP contribution in [0.1, 0.15) is 54.3 Å². The number of carbonyl (C=O) groups is 2. The topological polar surface area (TPSA) is 139 Å². The van der Waals surface area contributed by atoms with Gasteiger partial charge in [-0.2, -0.15) is 0 Å². The molecule has 4 rings (SSSR count). The lowest BCUT2D eigenvalue weighted by Gasteiger charge is -2.33. The number of aromatic nitrogens is 1. The van der Waals surface area contributed by atoms with Crippen LogP contribution in [-0.2, 0) is 20.7 Å². The van der Waals surface area contributed by atoms with Crippen LogP contribution in [0.4, 0.5) is 5.69 Å². The third-order valence-corrected chi connectivity index (χ3v) is 7.99. The molecule has 1 aliphatic heterocycles. The van der Waals surface area contributed by atoms with Crippen molar-refractivity contribution in [1.29, 1.82) is 0 Å². The van der Waals surface area contributed by atoms with E-state index in [1.807, 2.05) is 13.8 Å². The summed E-state index contributed by atoms with van der Waals surface area (Å²) in [6, 6.07) is 10.5. The summed E-state index contributed by atoms with van der Waals surface area (Å²) >= 11 is 7.57. The van der Waals surface area contributed by atoms with Gasteiger partial charge in [-0.1, -0.05) is 37.6 Å². The lowest BCUT2D eigenvalue weighted by molar-refractivity contribution is -0.136. The van der Waals surface area contributed by atoms with E-state index in [1.54, 1.807) is 46.7 Å². The minimum Gasteiger partial charge on any atom is -0.493 e. The number of anilines is 1. The van der Waals surface area contributed by atoms with Crippen molar-refractivity contribution in [2.75, 3.05) is 32.3 Å². The van der Waals surface area contributed by atoms with Crippen LogP contribution in [0.2, 0.25) is 5.02 Å². The number of aliphatic carboxylic acids is 1. The van der Waals surface area contributed by atoms with Crippen LogP contribution in [-0.4, -0.2) is 65.7 Å². The van der Waals surface area contributed by atoms with Gasteiger partial charge in [-0.15, -0.1) is 11.3 Å². The number of ether oxygens (including phenoxy) is 3. The Morgan fingerprint density at radius 3 is 2.63 bits per heavy atom. The summed E-state index contributed by atoms with van der Waals surface area (Å²) < 4.78 is 17.8. The van der Waals surface area contributed by atoms with Gasteiger partial charge in [-0.3, -0.25) is 9.59 Å². The van der Waals surface area contributed by atoms with Crippen LogP contribution >= 0.6 is 22.9 Å². The van der Waals surface area contributed by atoms with E-state index in [1.165, 1.54) is 14.2 Å². The Morgan fingerprint density at radius 1 is 1.22 bits per heavy atom. The Labute approximate surface area is 247 Å². The molecule has 1 amide bonds. The van der Waals surface area contributed by atoms with E-state index in [-0.39, 0.29) is 31.0 Å². The molecule has 0 bridgehead atoms. The van der Waals surface area contributed by atoms with Crippen molar-refractivity contribution in [1.82, 2.24) is 4.98 Å². The summed E-state index contributed by atoms with van der Waals surface area (Å²) in [5.74, 6) is -0.565. The first-order valence-corrected chi connectivity index (χ1v) is 14.2. The highest BCUT2D eigenvalue weighted by molar-refractivity contribution is 7.09. The van der Waals surface area contributed by atoms with E-state index >= 15 is 0 Å². The van der Waals surface area contributed by atoms with Crippen molar-refractivity contribution in [2.24, 2.45) is 5.41 Å². The third-order valence-electron chi connectivity index (χ3n) is 6.76. The number of carboxylic acids is 1. The number of aliphatic hydroxyl groups is 2. The van der Waals surface area contributed by atoms with Gasteiger partial charge in [-0.05, 0) is 24.3 Å². The van der Waals surface area contributed by atoms with Crippen molar-refractivity contribution in [3.63, 3.8) is 0 Å². The van der Waals surface area contributed by atoms with Crippen molar-refractivity contribution >= 4 is 40.5 Å². The van der Waals surface area contributed by atoms with Gasteiger partial charge >= 0.3 is 5.97 Å². The second kappa shape index (κ2) is 12.7. The van der Waals surface area contributed by atoms with Gasteiger partial charge in [0.25, 0.3) is 5.91 Å². The molecule has 0 spiro atoms. The normalized spacial score (nSPS) is 18.0. The molecule has 1 aromatic heterocycles. The van der Waals surface area contributed by atoms with Crippen molar-refractivity contribution < 1.29 is 39.1 Å². The zero-order valence-corrected chi connectivity index (χ0v) is 24.7. The number of rotatable bonds is 11. The van der Waals surface area contributed by atoms with E-state index in [0.717, 1.165) is 11.3 Å². The minimum atomic E-state index is -1.21. The largest absolute Gasteiger partial charge is 0.493 e. The van der Waals surface area contributed by atoms with Gasteiger partial charge in [0.15, 0.2) is 11.5 Å². The van der Waals surface area contributed by atoms with Gasteiger partial charge in [0.2, 0.25) is 0 Å². The zero-order chi connectivity index (χ0) is 29.9. The maximum atomic E-state index is 14.2. The Morgan fingerprint density at radius 2 is 1.98 bits per heavy atom. The van der Waals surface area contributed by atoms with Gasteiger partial charge in [0, 0.05) is 52.2 Å². The highest BCUT2D eigenvalue weighted by atomic mass is 35.5. The zero-order valence-electron chi connectivity index (χ0n) is 23.2. The number of hydrogen-bond acceptors (Lipinski definition) is 9. The Bertz CT molecular complexity index is 1410. The standard InChI is InChI=1S/C29H33ClN2O8S/c1-29(2,15-33)14-32-20-9-8-16(30)10-19(20)25(18-6-5-7-22(38-3)26(18)39-4)40-23(28(32)37)12-21(34)27-31-17(13-41-27)11-24(35)36/h5-10,13,21,23,25,33-34H,11-12,14-15H2,1-4H3,(H,35,36)/t21?,23-,25-/m1/s1. The molecular weight excluding hydrogens is 572 g/mol. The molecule has 3 aromatic rings. The summed E-state index contributed by atoms with van der Waals surface area (Å²) in [6.45, 7) is 3.67. The third kappa shape index (κ3) is 6.82. The van der Waals surface area contributed by atoms with E-state index in [2.05, 4.69) is 4.98 Å². The number of hydrogen-bond donors (Lipinski definition) is 3. The molecule has 0 saturated heterocycles. The molecule has 0 radical (unpaired) electrons. The maximum Gasteiger partial charge on any atom is 0.309 e. The second-order valence-electron chi connectivity index (χ2n) is 10.5. The fraction of sp³-hybridized carbons (Fsp3) is 0.414. The summed E-state index contributed by atoms with van der Waals surface area (Å²) in [4.78, 5) is 31.1. The predicted molar refractivity (Wildman–Crippen MR) is 154 cm³/mol. The average Bonchev–Trinajstić information content (AvgIpc) is 3.37.